The summed E-state index contributed by atoms with van der Waals surface area (Å²) in [5.41, 5.74) is 5.67. The maximum atomic E-state index is 12.1. The molecule has 2 unspecified atom stereocenters. The molecule has 78 valence electrons. The molecule has 0 aromatic heterocycles. The molecule has 0 bridgehead atoms. The van der Waals surface area contributed by atoms with Crippen molar-refractivity contribution >= 4 is 0 Å². The third-order valence-electron chi connectivity index (χ3n) is 3.00. The fourth-order valence-corrected chi connectivity index (χ4v) is 2.27. The van der Waals surface area contributed by atoms with Crippen molar-refractivity contribution in [1.29, 1.82) is 0 Å². The van der Waals surface area contributed by atoms with E-state index in [4.69, 9.17) is 5.73 Å². The Morgan fingerprint density at radius 1 is 1.46 bits per heavy atom. The van der Waals surface area contributed by atoms with Gasteiger partial charge in [0, 0.05) is 0 Å². The van der Waals surface area contributed by atoms with Crippen LogP contribution in [0.15, 0.2) is 0 Å². The van der Waals surface area contributed by atoms with E-state index in [1.54, 1.807) is 0 Å². The molecule has 0 aromatic rings. The summed E-state index contributed by atoms with van der Waals surface area (Å²) < 4.78 is 24.3. The van der Waals surface area contributed by atoms with Crippen LogP contribution in [-0.4, -0.2) is 12.5 Å². The molecule has 0 amide bonds. The number of hydrogen-bond donors (Lipinski definition) is 1. The molecule has 0 saturated heterocycles. The minimum Gasteiger partial charge on any atom is -0.323 e. The maximum absolute atomic E-state index is 12.1. The second kappa shape index (κ2) is 3.91. The SMILES string of the molecule is CC1(C)CCC(CC(N)C(F)F)C1. The van der Waals surface area contributed by atoms with Gasteiger partial charge in [0.1, 0.15) is 0 Å². The number of hydrogen-bond acceptors (Lipinski definition) is 1. The molecule has 0 radical (unpaired) electrons. The molecule has 2 N–H and O–H groups in total. The Hall–Kier alpha value is -0.180. The highest BCUT2D eigenvalue weighted by Gasteiger charge is 2.32. The van der Waals surface area contributed by atoms with E-state index in [1.165, 1.54) is 0 Å². The third-order valence-corrected chi connectivity index (χ3v) is 3.00. The van der Waals surface area contributed by atoms with Crippen LogP contribution in [0.25, 0.3) is 0 Å². The molecule has 1 aliphatic carbocycles. The van der Waals surface area contributed by atoms with Gasteiger partial charge in [-0.3, -0.25) is 0 Å². The summed E-state index contributed by atoms with van der Waals surface area (Å²) in [5, 5.41) is 0. The van der Waals surface area contributed by atoms with Gasteiger partial charge in [0.25, 0.3) is 6.43 Å². The summed E-state index contributed by atoms with van der Waals surface area (Å²) in [6.45, 7) is 4.39. The number of halogens is 2. The minimum atomic E-state index is -2.36. The lowest BCUT2D eigenvalue weighted by Crippen LogP contribution is -2.30. The number of alkyl halides is 2. The monoisotopic (exact) mass is 191 g/mol. The van der Waals surface area contributed by atoms with E-state index in [2.05, 4.69) is 13.8 Å². The van der Waals surface area contributed by atoms with Crippen molar-refractivity contribution in [2.75, 3.05) is 0 Å². The molecule has 1 saturated carbocycles. The van der Waals surface area contributed by atoms with Crippen LogP contribution >= 0.6 is 0 Å². The summed E-state index contributed by atoms with van der Waals surface area (Å²) in [5.74, 6) is 0.416. The van der Waals surface area contributed by atoms with Crippen LogP contribution in [0.1, 0.15) is 39.5 Å². The van der Waals surface area contributed by atoms with Gasteiger partial charge < -0.3 is 5.73 Å². The zero-order valence-corrected chi connectivity index (χ0v) is 8.39. The van der Waals surface area contributed by atoms with E-state index in [0.717, 1.165) is 19.3 Å². The normalized spacial score (nSPS) is 29.5. The highest BCUT2D eigenvalue weighted by molar-refractivity contribution is 4.84. The van der Waals surface area contributed by atoms with E-state index < -0.39 is 12.5 Å². The van der Waals surface area contributed by atoms with Gasteiger partial charge in [-0.1, -0.05) is 13.8 Å². The average molecular weight is 191 g/mol. The van der Waals surface area contributed by atoms with Gasteiger partial charge in [-0.2, -0.15) is 0 Å². The first-order chi connectivity index (χ1) is 5.91. The van der Waals surface area contributed by atoms with Crippen molar-refractivity contribution in [2.45, 2.75) is 52.0 Å². The summed E-state index contributed by atoms with van der Waals surface area (Å²) in [6, 6.07) is -0.918. The molecular formula is C10H19F2N. The van der Waals surface area contributed by atoms with Gasteiger partial charge in [-0.05, 0) is 37.0 Å². The van der Waals surface area contributed by atoms with Crippen LogP contribution in [-0.2, 0) is 0 Å². The quantitative estimate of drug-likeness (QED) is 0.729. The van der Waals surface area contributed by atoms with Crippen molar-refractivity contribution < 1.29 is 8.78 Å². The predicted octanol–water partition coefficient (Wildman–Crippen LogP) is 2.80. The van der Waals surface area contributed by atoms with Gasteiger partial charge in [0.2, 0.25) is 0 Å². The molecule has 0 spiro atoms. The van der Waals surface area contributed by atoms with Gasteiger partial charge >= 0.3 is 0 Å². The van der Waals surface area contributed by atoms with Crippen molar-refractivity contribution in [1.82, 2.24) is 0 Å². The van der Waals surface area contributed by atoms with Crippen molar-refractivity contribution in [3.05, 3.63) is 0 Å². The number of rotatable bonds is 3. The van der Waals surface area contributed by atoms with E-state index in [1.807, 2.05) is 0 Å². The zero-order valence-electron chi connectivity index (χ0n) is 8.39. The molecule has 0 heterocycles. The summed E-state index contributed by atoms with van der Waals surface area (Å²) >= 11 is 0. The Kier molecular flexibility index (Phi) is 3.28. The van der Waals surface area contributed by atoms with Crippen LogP contribution in [0.2, 0.25) is 0 Å². The Bertz CT molecular complexity index is 168. The minimum absolute atomic E-state index is 0.340. The third kappa shape index (κ3) is 3.22. The van der Waals surface area contributed by atoms with Crippen molar-refractivity contribution in [3.8, 4) is 0 Å². The molecular weight excluding hydrogens is 172 g/mol. The molecule has 1 fully saturated rings. The molecule has 1 rings (SSSR count). The predicted molar refractivity (Wildman–Crippen MR) is 49.7 cm³/mol. The molecule has 13 heavy (non-hydrogen) atoms. The largest absolute Gasteiger partial charge is 0.323 e. The fraction of sp³-hybridized carbons (Fsp3) is 1.00. The highest BCUT2D eigenvalue weighted by Crippen LogP contribution is 2.42. The fourth-order valence-electron chi connectivity index (χ4n) is 2.27. The Balaban J connectivity index is 2.32. The molecule has 2 atom stereocenters. The molecule has 0 aromatic carbocycles. The van der Waals surface area contributed by atoms with Gasteiger partial charge in [0.05, 0.1) is 6.04 Å². The lowest BCUT2D eigenvalue weighted by molar-refractivity contribution is 0.103. The Labute approximate surface area is 78.7 Å². The topological polar surface area (TPSA) is 26.0 Å². The van der Waals surface area contributed by atoms with E-state index >= 15 is 0 Å². The van der Waals surface area contributed by atoms with Crippen LogP contribution in [0.5, 0.6) is 0 Å². The van der Waals surface area contributed by atoms with Crippen LogP contribution < -0.4 is 5.73 Å². The molecule has 3 heteroatoms. The molecule has 1 aliphatic rings. The van der Waals surface area contributed by atoms with Crippen LogP contribution in [0, 0.1) is 11.3 Å². The van der Waals surface area contributed by atoms with Crippen molar-refractivity contribution in [2.24, 2.45) is 17.1 Å². The van der Waals surface area contributed by atoms with Gasteiger partial charge in [0.15, 0.2) is 0 Å². The number of nitrogens with two attached hydrogens (primary N) is 1. The zero-order chi connectivity index (χ0) is 10.1. The first-order valence-electron chi connectivity index (χ1n) is 4.94. The average Bonchev–Trinajstić information content (AvgIpc) is 2.30. The van der Waals surface area contributed by atoms with Crippen LogP contribution in [0.4, 0.5) is 8.78 Å². The summed E-state index contributed by atoms with van der Waals surface area (Å²) in [4.78, 5) is 0. The lowest BCUT2D eigenvalue weighted by Gasteiger charge is -2.19. The maximum Gasteiger partial charge on any atom is 0.253 e. The highest BCUT2D eigenvalue weighted by atomic mass is 19.3. The molecule has 0 aliphatic heterocycles. The molecule has 1 nitrogen and oxygen atoms in total. The van der Waals surface area contributed by atoms with Gasteiger partial charge in [-0.15, -0.1) is 0 Å². The second-order valence-corrected chi connectivity index (χ2v) is 5.01. The first kappa shape index (κ1) is 10.9. The van der Waals surface area contributed by atoms with Gasteiger partial charge in [-0.25, -0.2) is 8.78 Å². The second-order valence-electron chi connectivity index (χ2n) is 5.01. The smallest absolute Gasteiger partial charge is 0.253 e. The lowest BCUT2D eigenvalue weighted by atomic mass is 9.89. The summed E-state index contributed by atoms with van der Waals surface area (Å²) in [6.07, 6.45) is 1.39. The van der Waals surface area contributed by atoms with E-state index in [0.29, 0.717) is 17.8 Å². The van der Waals surface area contributed by atoms with Crippen LogP contribution in [0.3, 0.4) is 0 Å². The Morgan fingerprint density at radius 3 is 2.46 bits per heavy atom. The van der Waals surface area contributed by atoms with E-state index in [-0.39, 0.29) is 0 Å². The standard InChI is InChI=1S/C10H19F2N/c1-10(2)4-3-7(6-10)5-8(13)9(11)12/h7-9H,3-6,13H2,1-2H3. The first-order valence-corrected chi connectivity index (χ1v) is 4.94. The van der Waals surface area contributed by atoms with Crippen molar-refractivity contribution in [3.63, 3.8) is 0 Å². The summed E-state index contributed by atoms with van der Waals surface area (Å²) in [7, 11) is 0. The Morgan fingerprint density at radius 2 is 2.08 bits per heavy atom. The van der Waals surface area contributed by atoms with E-state index in [9.17, 15) is 8.78 Å².